The van der Waals surface area contributed by atoms with Crippen molar-refractivity contribution in [2.24, 2.45) is 11.7 Å². The molecule has 0 aliphatic rings. The van der Waals surface area contributed by atoms with E-state index in [0.29, 0.717) is 5.92 Å². The van der Waals surface area contributed by atoms with Crippen molar-refractivity contribution >= 4 is 11.8 Å². The molecule has 0 saturated heterocycles. The lowest BCUT2D eigenvalue weighted by molar-refractivity contribution is 0.717. The second kappa shape index (κ2) is 5.40. The molecule has 0 heterocycles. The van der Waals surface area contributed by atoms with E-state index in [2.05, 4.69) is 26.5 Å². The molecule has 1 heteroatoms. The highest BCUT2D eigenvalue weighted by Crippen LogP contribution is 2.13. The van der Waals surface area contributed by atoms with Crippen LogP contribution in [0.25, 0.3) is 11.8 Å². The normalized spacial score (nSPS) is 16.0. The van der Waals surface area contributed by atoms with E-state index in [1.54, 1.807) is 6.20 Å². The van der Waals surface area contributed by atoms with Gasteiger partial charge in [0.05, 0.1) is 0 Å². The van der Waals surface area contributed by atoms with Crippen molar-refractivity contribution < 1.29 is 0 Å². The molecule has 0 amide bonds. The number of rotatable bonds is 3. The minimum absolute atomic E-state index is 0.517. The maximum absolute atomic E-state index is 5.61. The van der Waals surface area contributed by atoms with E-state index in [1.807, 2.05) is 24.3 Å². The van der Waals surface area contributed by atoms with Gasteiger partial charge in [-0.25, -0.2) is 0 Å². The van der Waals surface area contributed by atoms with Crippen LogP contribution in [-0.4, -0.2) is 0 Å². The zero-order valence-corrected chi connectivity index (χ0v) is 9.53. The van der Waals surface area contributed by atoms with Crippen LogP contribution < -0.4 is 16.2 Å². The lowest BCUT2D eigenvalue weighted by atomic mass is 9.95. The second-order valence-corrected chi connectivity index (χ2v) is 3.72. The molecule has 1 nitrogen and oxygen atoms in total. The largest absolute Gasteiger partial charge is 0.404 e. The highest BCUT2D eigenvalue weighted by atomic mass is 14.5. The first-order valence-electron chi connectivity index (χ1n) is 5.38. The van der Waals surface area contributed by atoms with Gasteiger partial charge in [0.15, 0.2) is 0 Å². The molecular weight excluding hydrogens is 182 g/mol. The van der Waals surface area contributed by atoms with Crippen LogP contribution in [0.1, 0.15) is 20.3 Å². The molecule has 0 aliphatic carbocycles. The molecule has 0 saturated carbocycles. The summed E-state index contributed by atoms with van der Waals surface area (Å²) in [5.41, 5.74) is 6.89. The van der Waals surface area contributed by atoms with Crippen molar-refractivity contribution in [2.75, 3.05) is 0 Å². The summed E-state index contributed by atoms with van der Waals surface area (Å²) in [6.45, 7) is 8.29. The van der Waals surface area contributed by atoms with Gasteiger partial charge in [0.2, 0.25) is 0 Å². The smallest absolute Gasteiger partial charge is 0.00176 e. The number of hydrogen-bond acceptors (Lipinski definition) is 1. The van der Waals surface area contributed by atoms with Crippen LogP contribution in [0.4, 0.5) is 0 Å². The molecule has 0 bridgehead atoms. The summed E-state index contributed by atoms with van der Waals surface area (Å²) in [5, 5.41) is 2.28. The zero-order chi connectivity index (χ0) is 11.3. The van der Waals surface area contributed by atoms with E-state index < -0.39 is 0 Å². The third kappa shape index (κ3) is 2.50. The molecule has 0 aromatic heterocycles. The van der Waals surface area contributed by atoms with Crippen LogP contribution >= 0.6 is 0 Å². The van der Waals surface area contributed by atoms with Gasteiger partial charge in [-0.05, 0) is 28.3 Å². The molecule has 0 radical (unpaired) electrons. The van der Waals surface area contributed by atoms with E-state index in [-0.39, 0.29) is 0 Å². The minimum Gasteiger partial charge on any atom is -0.404 e. The maximum Gasteiger partial charge on any atom is 0.00176 e. The molecule has 15 heavy (non-hydrogen) atoms. The lowest BCUT2D eigenvalue weighted by Gasteiger charge is -2.10. The number of benzene rings is 1. The van der Waals surface area contributed by atoms with E-state index in [9.17, 15) is 0 Å². The summed E-state index contributed by atoms with van der Waals surface area (Å²) in [5.74, 6) is 0.517. The average molecular weight is 201 g/mol. The Balaban J connectivity index is 3.56. The van der Waals surface area contributed by atoms with Gasteiger partial charge in [-0.2, -0.15) is 0 Å². The van der Waals surface area contributed by atoms with Gasteiger partial charge in [0.1, 0.15) is 0 Å². The van der Waals surface area contributed by atoms with E-state index >= 15 is 0 Å². The number of nitrogens with two attached hydrogens (primary N) is 1. The Labute approximate surface area is 91.6 Å². The van der Waals surface area contributed by atoms with Crippen molar-refractivity contribution in [3.8, 4) is 0 Å². The Morgan fingerprint density at radius 2 is 2.13 bits per heavy atom. The van der Waals surface area contributed by atoms with Gasteiger partial charge in [-0.1, -0.05) is 50.8 Å². The standard InChI is InChI=1S/C14H19N/c1-4-11(3)13(5-2)14-9-7-6-8-12(14)10-15/h5-11H,2,4,15H2,1,3H3/b12-10-,14-13+. The highest BCUT2D eigenvalue weighted by Gasteiger charge is 2.03. The van der Waals surface area contributed by atoms with Crippen molar-refractivity contribution in [3.63, 3.8) is 0 Å². The first kappa shape index (κ1) is 11.6. The molecule has 0 aliphatic heterocycles. The fraction of sp³-hybridized carbons (Fsp3) is 0.286. The molecule has 1 rings (SSSR count). The number of hydrogen-bond donors (Lipinski definition) is 1. The van der Waals surface area contributed by atoms with Gasteiger partial charge in [0.25, 0.3) is 0 Å². The van der Waals surface area contributed by atoms with E-state index in [4.69, 9.17) is 5.73 Å². The molecule has 0 spiro atoms. The van der Waals surface area contributed by atoms with Crippen molar-refractivity contribution in [3.05, 3.63) is 47.4 Å². The highest BCUT2D eigenvalue weighted by molar-refractivity contribution is 5.58. The van der Waals surface area contributed by atoms with Crippen molar-refractivity contribution in [1.29, 1.82) is 0 Å². The maximum atomic E-state index is 5.61. The van der Waals surface area contributed by atoms with Crippen LogP contribution in [-0.2, 0) is 0 Å². The molecular formula is C14H19N. The summed E-state index contributed by atoms with van der Waals surface area (Å²) in [7, 11) is 0. The van der Waals surface area contributed by atoms with Crippen molar-refractivity contribution in [2.45, 2.75) is 20.3 Å². The van der Waals surface area contributed by atoms with Gasteiger partial charge in [-0.3, -0.25) is 0 Å². The summed E-state index contributed by atoms with van der Waals surface area (Å²) < 4.78 is 0. The molecule has 1 unspecified atom stereocenters. The van der Waals surface area contributed by atoms with Crippen LogP contribution in [0.3, 0.4) is 0 Å². The Kier molecular flexibility index (Phi) is 4.17. The summed E-state index contributed by atoms with van der Waals surface area (Å²) >= 11 is 0. The van der Waals surface area contributed by atoms with E-state index in [1.165, 1.54) is 10.8 Å². The lowest BCUT2D eigenvalue weighted by Crippen LogP contribution is -2.29. The molecule has 1 aromatic rings. The molecule has 1 aromatic carbocycles. The SMILES string of the molecule is C=C/C(=c1/cccc/c1=C/N)C(C)CC. The fourth-order valence-corrected chi connectivity index (χ4v) is 1.70. The van der Waals surface area contributed by atoms with Gasteiger partial charge >= 0.3 is 0 Å². The quantitative estimate of drug-likeness (QED) is 0.792. The van der Waals surface area contributed by atoms with Crippen molar-refractivity contribution in [1.82, 2.24) is 0 Å². The summed E-state index contributed by atoms with van der Waals surface area (Å²) in [6, 6.07) is 8.16. The average Bonchev–Trinajstić information content (AvgIpc) is 2.30. The topological polar surface area (TPSA) is 26.0 Å². The van der Waals surface area contributed by atoms with Gasteiger partial charge < -0.3 is 5.73 Å². The monoisotopic (exact) mass is 201 g/mol. The second-order valence-electron chi connectivity index (χ2n) is 3.72. The molecule has 1 atom stereocenters. The first-order valence-corrected chi connectivity index (χ1v) is 5.38. The summed E-state index contributed by atoms with van der Waals surface area (Å²) in [4.78, 5) is 0. The van der Waals surface area contributed by atoms with Gasteiger partial charge in [0, 0.05) is 6.20 Å². The predicted octanol–water partition coefficient (Wildman–Crippen LogP) is 1.77. The minimum atomic E-state index is 0.517. The Morgan fingerprint density at radius 3 is 2.67 bits per heavy atom. The van der Waals surface area contributed by atoms with E-state index in [0.717, 1.165) is 11.6 Å². The van der Waals surface area contributed by atoms with Crippen LogP contribution in [0.5, 0.6) is 0 Å². The predicted molar refractivity (Wildman–Crippen MR) is 67.4 cm³/mol. The van der Waals surface area contributed by atoms with Crippen LogP contribution in [0.15, 0.2) is 36.9 Å². The Morgan fingerprint density at radius 1 is 1.47 bits per heavy atom. The Bertz CT molecular complexity index is 443. The molecule has 0 fully saturated rings. The zero-order valence-electron chi connectivity index (χ0n) is 9.53. The first-order chi connectivity index (χ1) is 7.24. The number of allylic oxidation sites excluding steroid dienone is 1. The third-order valence-electron chi connectivity index (χ3n) is 2.81. The molecule has 2 N–H and O–H groups in total. The Hall–Kier alpha value is -1.50. The third-order valence-corrected chi connectivity index (χ3v) is 2.81. The van der Waals surface area contributed by atoms with Crippen LogP contribution in [0, 0.1) is 5.92 Å². The van der Waals surface area contributed by atoms with Crippen LogP contribution in [0.2, 0.25) is 0 Å². The summed E-state index contributed by atoms with van der Waals surface area (Å²) in [6.07, 6.45) is 4.71. The fourth-order valence-electron chi connectivity index (χ4n) is 1.70. The van der Waals surface area contributed by atoms with Gasteiger partial charge in [-0.15, -0.1) is 0 Å². The molecule has 80 valence electrons.